The first-order chi connectivity index (χ1) is 16.1. The van der Waals surface area contributed by atoms with Gasteiger partial charge in [0.2, 0.25) is 5.91 Å². The lowest BCUT2D eigenvalue weighted by Gasteiger charge is -2.17. The molecule has 3 aromatic rings. The standard InChI is InChI=1S/C23H28BrClFN5O2Si/c1-5-21(32)29-18-7-6-17(25)23(26)22(18)20-10-19(16-13-28-27-12-15(16)11-24)30-31(20)14-33-8-9-34(2,3)4/h6-7,10,12-13H,5,8-9,11,14H2,1-4H3,(H,29,32). The summed E-state index contributed by atoms with van der Waals surface area (Å²) in [6, 6.07) is 5.76. The second kappa shape index (κ2) is 11.5. The summed E-state index contributed by atoms with van der Waals surface area (Å²) in [7, 11) is -1.28. The molecule has 0 aliphatic rings. The summed E-state index contributed by atoms with van der Waals surface area (Å²) in [4.78, 5) is 12.1. The highest BCUT2D eigenvalue weighted by molar-refractivity contribution is 9.08. The predicted molar refractivity (Wildman–Crippen MR) is 139 cm³/mol. The molecule has 1 amide bonds. The molecule has 0 saturated heterocycles. The number of benzene rings is 1. The number of rotatable bonds is 10. The van der Waals surface area contributed by atoms with Crippen molar-refractivity contribution in [1.29, 1.82) is 0 Å². The zero-order valence-corrected chi connectivity index (χ0v) is 23.0. The van der Waals surface area contributed by atoms with Crippen LogP contribution in [0, 0.1) is 5.82 Å². The van der Waals surface area contributed by atoms with E-state index in [1.165, 1.54) is 6.07 Å². The summed E-state index contributed by atoms with van der Waals surface area (Å²) in [6.45, 7) is 9.25. The third-order valence-corrected chi connectivity index (χ3v) is 7.77. The molecule has 2 heterocycles. The fraction of sp³-hybridized carbons (Fsp3) is 0.391. The van der Waals surface area contributed by atoms with Gasteiger partial charge in [0.15, 0.2) is 5.82 Å². The molecule has 34 heavy (non-hydrogen) atoms. The lowest BCUT2D eigenvalue weighted by molar-refractivity contribution is -0.115. The normalized spacial score (nSPS) is 11.6. The molecule has 3 rings (SSSR count). The van der Waals surface area contributed by atoms with Gasteiger partial charge in [-0.2, -0.15) is 15.3 Å². The average molecular weight is 569 g/mol. The molecule has 0 fully saturated rings. The van der Waals surface area contributed by atoms with Crippen molar-refractivity contribution < 1.29 is 13.9 Å². The van der Waals surface area contributed by atoms with Crippen LogP contribution in [0.4, 0.5) is 10.1 Å². The maximum atomic E-state index is 15.4. The summed E-state index contributed by atoms with van der Waals surface area (Å²) >= 11 is 9.60. The van der Waals surface area contributed by atoms with Crippen LogP contribution in [-0.2, 0) is 21.6 Å². The zero-order valence-electron chi connectivity index (χ0n) is 19.7. The Balaban J connectivity index is 2.11. The zero-order chi connectivity index (χ0) is 24.9. The number of nitrogens with zero attached hydrogens (tertiary/aromatic N) is 4. The van der Waals surface area contributed by atoms with Gasteiger partial charge in [0, 0.05) is 32.0 Å². The van der Waals surface area contributed by atoms with Crippen LogP contribution in [-0.4, -0.2) is 40.6 Å². The molecule has 11 heteroatoms. The topological polar surface area (TPSA) is 81.9 Å². The van der Waals surface area contributed by atoms with Gasteiger partial charge in [-0.15, -0.1) is 0 Å². The maximum absolute atomic E-state index is 15.4. The first kappa shape index (κ1) is 26.5. The van der Waals surface area contributed by atoms with Crippen molar-refractivity contribution in [2.45, 2.75) is 51.1 Å². The fourth-order valence-corrected chi connectivity index (χ4v) is 4.57. The third-order valence-electron chi connectivity index (χ3n) is 5.17. The summed E-state index contributed by atoms with van der Waals surface area (Å²) in [5.41, 5.74) is 3.14. The second-order valence-electron chi connectivity index (χ2n) is 9.01. The van der Waals surface area contributed by atoms with Gasteiger partial charge in [0.1, 0.15) is 6.73 Å². The molecule has 0 bridgehead atoms. The van der Waals surface area contributed by atoms with Gasteiger partial charge in [-0.25, -0.2) is 9.07 Å². The first-order valence-electron chi connectivity index (χ1n) is 10.9. The second-order valence-corrected chi connectivity index (χ2v) is 15.6. The van der Waals surface area contributed by atoms with E-state index in [-0.39, 0.29) is 29.6 Å². The number of hydrogen-bond acceptors (Lipinski definition) is 5. The SMILES string of the molecule is CCC(=O)Nc1ccc(Cl)c(F)c1-c1cc(-c2cnncc2CBr)nn1COCC[Si](C)(C)C. The van der Waals surface area contributed by atoms with Crippen LogP contribution in [0.15, 0.2) is 30.6 Å². The van der Waals surface area contributed by atoms with E-state index in [0.717, 1.165) is 17.2 Å². The van der Waals surface area contributed by atoms with Crippen LogP contribution in [0.25, 0.3) is 22.5 Å². The molecule has 7 nitrogen and oxygen atoms in total. The van der Waals surface area contributed by atoms with Gasteiger partial charge in [-0.1, -0.05) is 54.1 Å². The van der Waals surface area contributed by atoms with E-state index >= 15 is 4.39 Å². The van der Waals surface area contributed by atoms with E-state index in [2.05, 4.69) is 51.1 Å². The number of ether oxygens (including phenoxy) is 1. The van der Waals surface area contributed by atoms with E-state index in [0.29, 0.717) is 29.0 Å². The van der Waals surface area contributed by atoms with E-state index in [1.807, 2.05) is 0 Å². The number of aromatic nitrogens is 4. The van der Waals surface area contributed by atoms with Crippen molar-refractivity contribution in [3.63, 3.8) is 0 Å². The molecular weight excluding hydrogens is 541 g/mol. The molecule has 0 spiro atoms. The first-order valence-corrected chi connectivity index (χ1v) is 16.1. The predicted octanol–water partition coefficient (Wildman–Crippen LogP) is 6.36. The van der Waals surface area contributed by atoms with Gasteiger partial charge in [-0.05, 0) is 29.8 Å². The molecule has 2 aromatic heterocycles. The van der Waals surface area contributed by atoms with Gasteiger partial charge >= 0.3 is 0 Å². The number of anilines is 1. The maximum Gasteiger partial charge on any atom is 0.224 e. The Morgan fingerprint density at radius 3 is 2.68 bits per heavy atom. The Morgan fingerprint density at radius 1 is 1.26 bits per heavy atom. The molecule has 1 aromatic carbocycles. The van der Waals surface area contributed by atoms with Crippen LogP contribution < -0.4 is 5.32 Å². The number of halogens is 3. The summed E-state index contributed by atoms with van der Waals surface area (Å²) in [5.74, 6) is -0.875. The van der Waals surface area contributed by atoms with Crippen LogP contribution in [0.2, 0.25) is 30.7 Å². The highest BCUT2D eigenvalue weighted by atomic mass is 79.9. The molecule has 0 radical (unpaired) electrons. The van der Waals surface area contributed by atoms with Crippen molar-refractivity contribution in [1.82, 2.24) is 20.0 Å². The smallest absolute Gasteiger partial charge is 0.224 e. The van der Waals surface area contributed by atoms with Crippen molar-refractivity contribution in [2.24, 2.45) is 0 Å². The van der Waals surface area contributed by atoms with Gasteiger partial charge < -0.3 is 10.1 Å². The Kier molecular flexibility index (Phi) is 8.97. The lowest BCUT2D eigenvalue weighted by Crippen LogP contribution is -2.22. The van der Waals surface area contributed by atoms with Crippen LogP contribution in [0.3, 0.4) is 0 Å². The van der Waals surface area contributed by atoms with E-state index in [1.54, 1.807) is 36.1 Å². The quantitative estimate of drug-likeness (QED) is 0.175. The Morgan fingerprint density at radius 2 is 2.00 bits per heavy atom. The Hall–Kier alpha value is -2.14. The van der Waals surface area contributed by atoms with Crippen LogP contribution in [0.1, 0.15) is 18.9 Å². The van der Waals surface area contributed by atoms with E-state index < -0.39 is 13.9 Å². The average Bonchev–Trinajstić information content (AvgIpc) is 3.22. The largest absolute Gasteiger partial charge is 0.360 e. The van der Waals surface area contributed by atoms with Gasteiger partial charge in [0.05, 0.1) is 40.1 Å². The molecular formula is C23H28BrClFN5O2Si. The molecule has 0 aliphatic carbocycles. The number of carbonyl (C=O) groups excluding carboxylic acids is 1. The number of alkyl halides is 1. The molecule has 0 saturated carbocycles. The summed E-state index contributed by atoms with van der Waals surface area (Å²) in [6.07, 6.45) is 3.53. The molecule has 0 unspecified atom stereocenters. The summed E-state index contributed by atoms with van der Waals surface area (Å²) in [5, 5.41) is 15.9. The monoisotopic (exact) mass is 567 g/mol. The minimum atomic E-state index is -1.28. The minimum Gasteiger partial charge on any atom is -0.360 e. The Bertz CT molecular complexity index is 1170. The molecule has 0 atom stereocenters. The fourth-order valence-electron chi connectivity index (χ4n) is 3.20. The highest BCUT2D eigenvalue weighted by Gasteiger charge is 2.23. The van der Waals surface area contributed by atoms with Crippen LogP contribution in [0.5, 0.6) is 0 Å². The minimum absolute atomic E-state index is 0.0508. The van der Waals surface area contributed by atoms with E-state index in [9.17, 15) is 4.79 Å². The van der Waals surface area contributed by atoms with Gasteiger partial charge in [0.25, 0.3) is 0 Å². The number of nitrogens with one attached hydrogen (secondary N) is 1. The summed E-state index contributed by atoms with van der Waals surface area (Å²) < 4.78 is 22.9. The number of hydrogen-bond donors (Lipinski definition) is 1. The van der Waals surface area contributed by atoms with Crippen molar-refractivity contribution in [3.8, 4) is 22.5 Å². The lowest BCUT2D eigenvalue weighted by atomic mass is 10.1. The third kappa shape index (κ3) is 6.50. The Labute approximate surface area is 213 Å². The van der Waals surface area contributed by atoms with E-state index in [4.69, 9.17) is 21.4 Å². The van der Waals surface area contributed by atoms with Crippen molar-refractivity contribution in [2.75, 3.05) is 11.9 Å². The molecule has 1 N–H and O–H groups in total. The van der Waals surface area contributed by atoms with Gasteiger partial charge in [-0.3, -0.25) is 4.79 Å². The number of amides is 1. The van der Waals surface area contributed by atoms with Crippen molar-refractivity contribution in [3.05, 3.63) is 47.0 Å². The molecule has 0 aliphatic heterocycles. The highest BCUT2D eigenvalue weighted by Crippen LogP contribution is 2.37. The van der Waals surface area contributed by atoms with Crippen molar-refractivity contribution >= 4 is 47.2 Å². The van der Waals surface area contributed by atoms with Crippen LogP contribution >= 0.6 is 27.5 Å². The molecule has 182 valence electrons. The number of carbonyl (C=O) groups is 1.